The fourth-order valence-corrected chi connectivity index (χ4v) is 8.68. The van der Waals surface area contributed by atoms with Crippen LogP contribution in [0.5, 0.6) is 0 Å². The predicted molar refractivity (Wildman–Crippen MR) is 90.9 cm³/mol. The van der Waals surface area contributed by atoms with E-state index in [1.165, 1.54) is 6.08 Å². The van der Waals surface area contributed by atoms with E-state index in [0.29, 0.717) is 6.42 Å². The molecular weight excluding hydrogens is 296 g/mol. The molecule has 0 aromatic carbocycles. The average Bonchev–Trinajstić information content (AvgIpc) is 2.55. The van der Waals surface area contributed by atoms with Crippen LogP contribution in [0.4, 0.5) is 0 Å². The van der Waals surface area contributed by atoms with Crippen LogP contribution in [0.15, 0.2) is 25.3 Å². The fraction of sp³-hybridized carbons (Fsp3) is 0.706. The number of carbonyl (C=O) groups excluding carboxylic acids is 1. The molecule has 1 fully saturated rings. The molecule has 0 aromatic heterocycles. The highest BCUT2D eigenvalue weighted by Crippen LogP contribution is 2.56. The van der Waals surface area contributed by atoms with Gasteiger partial charge < -0.3 is 13.6 Å². The highest BCUT2D eigenvalue weighted by atomic mass is 28.4. The molecule has 0 saturated carbocycles. The van der Waals surface area contributed by atoms with Gasteiger partial charge in [-0.15, -0.1) is 6.58 Å². The highest BCUT2D eigenvalue weighted by molar-refractivity contribution is 6.71. The van der Waals surface area contributed by atoms with E-state index >= 15 is 0 Å². The summed E-state index contributed by atoms with van der Waals surface area (Å²) in [5.41, 5.74) is -0.697. The fourth-order valence-electron chi connectivity index (χ4n) is 4.37. The Morgan fingerprint density at radius 2 is 1.91 bits per heavy atom. The maximum Gasteiger partial charge on any atom is 0.371 e. The second-order valence-electron chi connectivity index (χ2n) is 5.94. The predicted octanol–water partition coefficient (Wildman–Crippen LogP) is 3.56. The highest BCUT2D eigenvalue weighted by Gasteiger charge is 2.70. The molecule has 2 atom stereocenters. The third kappa shape index (κ3) is 2.54. The largest absolute Gasteiger partial charge is 0.396 e. The van der Waals surface area contributed by atoms with Crippen molar-refractivity contribution in [3.05, 3.63) is 25.3 Å². The van der Waals surface area contributed by atoms with Gasteiger partial charge in [0.15, 0.2) is 5.78 Å². The topological polar surface area (TPSA) is 44.8 Å². The molecule has 1 heterocycles. The maximum atomic E-state index is 12.9. The molecule has 1 aliphatic heterocycles. The Labute approximate surface area is 135 Å². The van der Waals surface area contributed by atoms with Crippen molar-refractivity contribution < 1.29 is 18.4 Å². The van der Waals surface area contributed by atoms with Gasteiger partial charge in [0.1, 0.15) is 5.22 Å². The summed E-state index contributed by atoms with van der Waals surface area (Å²) >= 11 is 0. The van der Waals surface area contributed by atoms with Crippen LogP contribution in [0.25, 0.3) is 0 Å². The maximum absolute atomic E-state index is 12.9. The van der Waals surface area contributed by atoms with Crippen molar-refractivity contribution in [2.75, 3.05) is 21.3 Å². The van der Waals surface area contributed by atoms with E-state index in [4.69, 9.17) is 13.6 Å². The van der Waals surface area contributed by atoms with Crippen LogP contribution in [0.3, 0.4) is 0 Å². The van der Waals surface area contributed by atoms with Crippen LogP contribution in [-0.2, 0) is 18.4 Å². The Hall–Kier alpha value is -0.753. The van der Waals surface area contributed by atoms with E-state index in [1.54, 1.807) is 27.4 Å². The Kier molecular flexibility index (Phi) is 6.74. The van der Waals surface area contributed by atoms with E-state index in [2.05, 4.69) is 20.1 Å². The second kappa shape index (κ2) is 7.68. The van der Waals surface area contributed by atoms with E-state index in [9.17, 15) is 4.79 Å². The Balaban J connectivity index is 3.65. The number of methoxy groups -OCH3 is 1. The van der Waals surface area contributed by atoms with Crippen LogP contribution in [0, 0.1) is 5.41 Å². The Morgan fingerprint density at radius 1 is 1.27 bits per heavy atom. The molecule has 22 heavy (non-hydrogen) atoms. The zero-order valence-electron chi connectivity index (χ0n) is 14.4. The zero-order chi connectivity index (χ0) is 16.9. The number of rotatable bonds is 9. The third-order valence-electron chi connectivity index (χ3n) is 5.26. The van der Waals surface area contributed by atoms with Gasteiger partial charge in [-0.05, 0) is 31.4 Å². The van der Waals surface area contributed by atoms with Crippen LogP contribution in [-0.4, -0.2) is 40.9 Å². The number of hydrogen-bond acceptors (Lipinski definition) is 4. The summed E-state index contributed by atoms with van der Waals surface area (Å²) in [6, 6.07) is 0.831. The molecule has 0 amide bonds. The minimum Gasteiger partial charge on any atom is -0.396 e. The molecular formula is C17H30O4Si. The van der Waals surface area contributed by atoms with Crippen molar-refractivity contribution >= 4 is 14.3 Å². The molecule has 0 spiro atoms. The average molecular weight is 327 g/mol. The van der Waals surface area contributed by atoms with Gasteiger partial charge in [-0.2, -0.15) is 0 Å². The van der Waals surface area contributed by atoms with Crippen LogP contribution in [0.1, 0.15) is 39.0 Å². The molecule has 5 heteroatoms. The lowest BCUT2D eigenvalue weighted by atomic mass is 9.69. The number of ketones is 1. The third-order valence-corrected chi connectivity index (χ3v) is 9.75. The van der Waals surface area contributed by atoms with Crippen molar-refractivity contribution in [3.8, 4) is 0 Å². The molecule has 2 unspecified atom stereocenters. The number of hydrogen-bond donors (Lipinski definition) is 0. The summed E-state index contributed by atoms with van der Waals surface area (Å²) < 4.78 is 18.0. The number of allylic oxidation sites excluding steroid dienone is 2. The molecule has 0 aromatic rings. The normalized spacial score (nSPS) is 30.7. The van der Waals surface area contributed by atoms with E-state index in [1.807, 2.05) is 0 Å². The lowest BCUT2D eigenvalue weighted by Gasteiger charge is -2.58. The lowest BCUT2D eigenvalue weighted by Crippen LogP contribution is -2.74. The van der Waals surface area contributed by atoms with Gasteiger partial charge >= 0.3 is 8.56 Å². The molecule has 0 N–H and O–H groups in total. The number of ether oxygens (including phenoxy) is 1. The molecule has 0 bridgehead atoms. The molecule has 1 saturated heterocycles. The molecule has 1 aliphatic rings. The van der Waals surface area contributed by atoms with Gasteiger partial charge in [-0.1, -0.05) is 32.4 Å². The van der Waals surface area contributed by atoms with Crippen molar-refractivity contribution in [3.63, 3.8) is 0 Å². The second-order valence-corrected chi connectivity index (χ2v) is 9.57. The molecule has 4 nitrogen and oxygen atoms in total. The minimum atomic E-state index is -2.72. The summed E-state index contributed by atoms with van der Waals surface area (Å²) in [4.78, 5) is 12.9. The smallest absolute Gasteiger partial charge is 0.371 e. The molecule has 0 aliphatic carbocycles. The van der Waals surface area contributed by atoms with Gasteiger partial charge in [-0.3, -0.25) is 4.79 Å². The van der Waals surface area contributed by atoms with Crippen LogP contribution >= 0.6 is 0 Å². The standard InChI is InChI=1S/C17H30O4Si/c1-7-11-16(15(18)9-3)13-10-14-22(20-5,21-6)17(16,19-4)12-8-2/h7,9H,1,3,8,10-14H2,2,4-6H3. The summed E-state index contributed by atoms with van der Waals surface area (Å²) in [6.45, 7) is 9.68. The van der Waals surface area contributed by atoms with Crippen LogP contribution in [0.2, 0.25) is 6.04 Å². The van der Waals surface area contributed by atoms with E-state index in [0.717, 1.165) is 31.7 Å². The van der Waals surface area contributed by atoms with Gasteiger partial charge in [0.05, 0.1) is 5.41 Å². The van der Waals surface area contributed by atoms with Crippen LogP contribution < -0.4 is 0 Å². The summed E-state index contributed by atoms with van der Waals surface area (Å²) in [5, 5.41) is -0.726. The molecule has 126 valence electrons. The first-order valence-corrected chi connectivity index (χ1v) is 9.95. The first-order chi connectivity index (χ1) is 10.5. The van der Waals surface area contributed by atoms with Crippen molar-refractivity contribution in [1.29, 1.82) is 0 Å². The molecule has 0 radical (unpaired) electrons. The monoisotopic (exact) mass is 326 g/mol. The Bertz CT molecular complexity index is 419. The van der Waals surface area contributed by atoms with Crippen molar-refractivity contribution in [2.45, 2.75) is 50.3 Å². The Morgan fingerprint density at radius 3 is 2.32 bits per heavy atom. The minimum absolute atomic E-state index is 0.00775. The first-order valence-electron chi connectivity index (χ1n) is 7.93. The van der Waals surface area contributed by atoms with Gasteiger partial charge in [0.25, 0.3) is 0 Å². The summed E-state index contributed by atoms with van der Waals surface area (Å²) in [5.74, 6) is 0.00775. The van der Waals surface area contributed by atoms with E-state index < -0.39 is 19.2 Å². The summed E-state index contributed by atoms with van der Waals surface area (Å²) in [6.07, 6.45) is 7.02. The molecule has 1 rings (SSSR count). The van der Waals surface area contributed by atoms with Crippen molar-refractivity contribution in [1.82, 2.24) is 0 Å². The van der Waals surface area contributed by atoms with Gasteiger partial charge in [0, 0.05) is 21.3 Å². The summed E-state index contributed by atoms with van der Waals surface area (Å²) in [7, 11) is 2.32. The van der Waals surface area contributed by atoms with Crippen molar-refractivity contribution in [2.24, 2.45) is 5.41 Å². The van der Waals surface area contributed by atoms with E-state index in [-0.39, 0.29) is 5.78 Å². The SMILES string of the molecule is C=CCC1(C(=O)C=C)CCC[Si](OC)(OC)C1(CCC)OC. The first kappa shape index (κ1) is 19.3. The lowest BCUT2D eigenvalue weighted by molar-refractivity contribution is -0.148. The van der Waals surface area contributed by atoms with Gasteiger partial charge in [-0.25, -0.2) is 0 Å². The quantitative estimate of drug-likeness (QED) is 0.369. The number of carbonyl (C=O) groups is 1. The van der Waals surface area contributed by atoms with Gasteiger partial charge in [0.2, 0.25) is 0 Å². The zero-order valence-corrected chi connectivity index (χ0v) is 15.4.